The van der Waals surface area contributed by atoms with Gasteiger partial charge in [0, 0.05) is 13.0 Å². The first-order valence-corrected chi connectivity index (χ1v) is 8.27. The van der Waals surface area contributed by atoms with E-state index >= 15 is 0 Å². The predicted molar refractivity (Wildman–Crippen MR) is 88.5 cm³/mol. The van der Waals surface area contributed by atoms with Crippen molar-refractivity contribution in [2.75, 3.05) is 6.61 Å². The minimum atomic E-state index is -0.287. The Labute approximate surface area is 140 Å². The van der Waals surface area contributed by atoms with Gasteiger partial charge in [0.05, 0.1) is 24.4 Å². The number of carbonyl (C=O) groups is 1. The summed E-state index contributed by atoms with van der Waals surface area (Å²) in [4.78, 5) is 12.5. The topological polar surface area (TPSA) is 69.0 Å². The van der Waals surface area contributed by atoms with Crippen molar-refractivity contribution in [3.63, 3.8) is 0 Å². The van der Waals surface area contributed by atoms with Crippen LogP contribution in [-0.2, 0) is 17.7 Å². The highest BCUT2D eigenvalue weighted by molar-refractivity contribution is 5.92. The number of nitrogens with zero attached hydrogens (tertiary/aromatic N) is 3. The molecule has 1 saturated heterocycles. The lowest BCUT2D eigenvalue weighted by molar-refractivity contribution is 0.0869. The van der Waals surface area contributed by atoms with Crippen molar-refractivity contribution < 1.29 is 9.53 Å². The Morgan fingerprint density at radius 3 is 3.12 bits per heavy atom. The third-order valence-corrected chi connectivity index (χ3v) is 4.65. The molecule has 1 aliphatic heterocycles. The van der Waals surface area contributed by atoms with Gasteiger partial charge in [-0.05, 0) is 18.4 Å². The summed E-state index contributed by atoms with van der Waals surface area (Å²) >= 11 is 0. The van der Waals surface area contributed by atoms with Crippen molar-refractivity contribution in [3.05, 3.63) is 59.9 Å². The number of hydrogen-bond donors (Lipinski definition) is 1. The number of rotatable bonds is 5. The van der Waals surface area contributed by atoms with Gasteiger partial charge in [0.25, 0.3) is 5.91 Å². The van der Waals surface area contributed by atoms with Gasteiger partial charge in [0.2, 0.25) is 0 Å². The number of fused-ring (bicyclic) bond motifs is 2. The smallest absolute Gasteiger partial charge is 0.273 e. The van der Waals surface area contributed by atoms with E-state index in [2.05, 4.69) is 39.9 Å². The number of benzene rings is 1. The Hall–Kier alpha value is -2.47. The van der Waals surface area contributed by atoms with Crippen LogP contribution in [-0.4, -0.2) is 39.2 Å². The van der Waals surface area contributed by atoms with Gasteiger partial charge in [-0.3, -0.25) is 9.48 Å². The van der Waals surface area contributed by atoms with E-state index in [-0.39, 0.29) is 17.6 Å². The molecule has 0 spiro atoms. The molecule has 1 N–H and O–H groups in total. The molecular formula is C18H20N4O2. The van der Waals surface area contributed by atoms with E-state index in [0.29, 0.717) is 18.8 Å². The van der Waals surface area contributed by atoms with Gasteiger partial charge in [0.1, 0.15) is 0 Å². The fraction of sp³-hybridized carbons (Fsp3) is 0.389. The average molecular weight is 324 g/mol. The molecule has 1 amide bonds. The molecular weight excluding hydrogens is 304 g/mol. The van der Waals surface area contributed by atoms with Crippen LogP contribution >= 0.6 is 0 Å². The zero-order valence-electron chi connectivity index (χ0n) is 13.4. The quantitative estimate of drug-likeness (QED) is 0.851. The lowest BCUT2D eigenvalue weighted by Crippen LogP contribution is -2.49. The number of amides is 1. The molecule has 0 saturated carbocycles. The Balaban J connectivity index is 1.37. The van der Waals surface area contributed by atoms with Gasteiger partial charge >= 0.3 is 0 Å². The Morgan fingerprint density at radius 2 is 2.25 bits per heavy atom. The first-order valence-electron chi connectivity index (χ1n) is 8.27. The van der Waals surface area contributed by atoms with E-state index in [0.717, 1.165) is 19.3 Å². The standard InChI is InChI=1S/C18H20N4O2/c23-17(19-18-9-4-7-15(11-18)24-13-18)16-12-22(21-20-16)10-8-14-5-2-1-3-6-14/h1-7,12,15H,8-11,13H2,(H,19,23). The molecule has 1 fully saturated rings. The summed E-state index contributed by atoms with van der Waals surface area (Å²) in [5.74, 6) is -0.180. The zero-order valence-corrected chi connectivity index (χ0v) is 13.4. The van der Waals surface area contributed by atoms with Crippen LogP contribution in [0.3, 0.4) is 0 Å². The first-order chi connectivity index (χ1) is 11.7. The van der Waals surface area contributed by atoms with Crippen molar-refractivity contribution in [1.82, 2.24) is 20.3 Å². The van der Waals surface area contributed by atoms with Gasteiger partial charge in [-0.1, -0.05) is 47.7 Å². The lowest BCUT2D eigenvalue weighted by atomic mass is 9.87. The number of nitrogens with one attached hydrogen (secondary N) is 1. The monoisotopic (exact) mass is 324 g/mol. The molecule has 1 aromatic heterocycles. The number of ether oxygens (including phenoxy) is 1. The van der Waals surface area contributed by atoms with Gasteiger partial charge in [-0.25, -0.2) is 0 Å². The minimum Gasteiger partial charge on any atom is -0.372 e. The maximum atomic E-state index is 12.5. The molecule has 6 heteroatoms. The molecule has 2 unspecified atom stereocenters. The third-order valence-electron chi connectivity index (χ3n) is 4.65. The largest absolute Gasteiger partial charge is 0.372 e. The van der Waals surface area contributed by atoms with Crippen molar-refractivity contribution in [1.29, 1.82) is 0 Å². The third kappa shape index (κ3) is 3.10. The molecule has 0 radical (unpaired) electrons. The van der Waals surface area contributed by atoms with Crippen molar-refractivity contribution in [3.8, 4) is 0 Å². The van der Waals surface area contributed by atoms with Crippen molar-refractivity contribution >= 4 is 5.91 Å². The summed E-state index contributed by atoms with van der Waals surface area (Å²) in [6, 6.07) is 10.2. The van der Waals surface area contributed by atoms with Crippen LogP contribution in [0, 0.1) is 0 Å². The van der Waals surface area contributed by atoms with Crippen LogP contribution in [0.5, 0.6) is 0 Å². The Kier molecular flexibility index (Phi) is 3.90. The second-order valence-electron chi connectivity index (χ2n) is 6.52. The van der Waals surface area contributed by atoms with E-state index in [4.69, 9.17) is 4.74 Å². The van der Waals surface area contributed by atoms with Gasteiger partial charge in [-0.2, -0.15) is 0 Å². The number of carbonyl (C=O) groups excluding carboxylic acids is 1. The fourth-order valence-corrected chi connectivity index (χ4v) is 3.32. The summed E-state index contributed by atoms with van der Waals surface area (Å²) in [6.45, 7) is 1.25. The molecule has 4 rings (SSSR count). The SMILES string of the molecule is O=C(NC12CC=CC(C1)OC2)c1cn(CCc2ccccc2)nn1. The highest BCUT2D eigenvalue weighted by atomic mass is 16.5. The number of aryl methyl sites for hydroxylation is 2. The molecule has 2 bridgehead atoms. The van der Waals surface area contributed by atoms with Crippen LogP contribution in [0.25, 0.3) is 0 Å². The van der Waals surface area contributed by atoms with E-state index < -0.39 is 0 Å². The first kappa shape index (κ1) is 15.1. The van der Waals surface area contributed by atoms with Crippen molar-refractivity contribution in [2.24, 2.45) is 0 Å². The van der Waals surface area contributed by atoms with Crippen molar-refractivity contribution in [2.45, 2.75) is 37.5 Å². The van der Waals surface area contributed by atoms with Crippen LogP contribution < -0.4 is 5.32 Å². The molecule has 24 heavy (non-hydrogen) atoms. The Morgan fingerprint density at radius 1 is 1.38 bits per heavy atom. The highest BCUT2D eigenvalue weighted by Crippen LogP contribution is 2.32. The molecule has 2 heterocycles. The summed E-state index contributed by atoms with van der Waals surface area (Å²) in [5, 5.41) is 11.2. The lowest BCUT2D eigenvalue weighted by Gasteiger charge is -2.28. The molecule has 2 atom stereocenters. The maximum Gasteiger partial charge on any atom is 0.273 e. The summed E-state index contributed by atoms with van der Waals surface area (Å²) < 4.78 is 7.38. The summed E-state index contributed by atoms with van der Waals surface area (Å²) in [6.07, 6.45) is 8.47. The molecule has 1 aromatic carbocycles. The average Bonchev–Trinajstić information content (AvgIpc) is 3.19. The molecule has 6 nitrogen and oxygen atoms in total. The zero-order chi connectivity index (χ0) is 16.4. The van der Waals surface area contributed by atoms with E-state index in [9.17, 15) is 4.79 Å². The van der Waals surface area contributed by atoms with Gasteiger partial charge in [0.15, 0.2) is 5.69 Å². The highest BCUT2D eigenvalue weighted by Gasteiger charge is 2.42. The van der Waals surface area contributed by atoms with Crippen LogP contribution in [0.2, 0.25) is 0 Å². The summed E-state index contributed by atoms with van der Waals surface area (Å²) in [7, 11) is 0. The Bertz CT molecular complexity index is 755. The second-order valence-corrected chi connectivity index (χ2v) is 6.52. The number of aromatic nitrogens is 3. The summed E-state index contributed by atoms with van der Waals surface area (Å²) in [5.41, 5.74) is 1.31. The number of hydrogen-bond acceptors (Lipinski definition) is 4. The van der Waals surface area contributed by atoms with Crippen LogP contribution in [0.1, 0.15) is 28.9 Å². The molecule has 2 aromatic rings. The maximum absolute atomic E-state index is 12.5. The predicted octanol–water partition coefficient (Wildman–Crippen LogP) is 1.74. The van der Waals surface area contributed by atoms with E-state index in [1.54, 1.807) is 10.9 Å². The molecule has 2 aliphatic rings. The second kappa shape index (κ2) is 6.20. The van der Waals surface area contributed by atoms with E-state index in [1.807, 2.05) is 18.2 Å². The van der Waals surface area contributed by atoms with Gasteiger partial charge < -0.3 is 10.1 Å². The van der Waals surface area contributed by atoms with E-state index in [1.165, 1.54) is 5.56 Å². The fourth-order valence-electron chi connectivity index (χ4n) is 3.32. The molecule has 124 valence electrons. The molecule has 1 aliphatic carbocycles. The van der Waals surface area contributed by atoms with Gasteiger partial charge in [-0.15, -0.1) is 5.10 Å². The normalized spacial score (nSPS) is 24.9. The van der Waals surface area contributed by atoms with Crippen LogP contribution in [0.15, 0.2) is 48.7 Å². The minimum absolute atomic E-state index is 0.126. The van der Waals surface area contributed by atoms with Crippen LogP contribution in [0.4, 0.5) is 0 Å².